The number of hydrogen-bond acceptors (Lipinski definition) is 2. The standard InChI is InChI=1S/C9H7Cl2F2NO2/c10-3-6-4(2-8(15)16)5(9(12)13)1-7(11)14-6/h1,9H,2-3H2,(H,15,16). The molecule has 1 N–H and O–H groups in total. The number of hydrogen-bond donors (Lipinski definition) is 1. The first-order valence-electron chi connectivity index (χ1n) is 4.19. The molecule has 0 bridgehead atoms. The maximum Gasteiger partial charge on any atom is 0.307 e. The number of alkyl halides is 3. The van der Waals surface area contributed by atoms with Crippen molar-refractivity contribution in [1.29, 1.82) is 0 Å². The third kappa shape index (κ3) is 3.02. The lowest BCUT2D eigenvalue weighted by atomic mass is 10.0. The van der Waals surface area contributed by atoms with E-state index in [1.165, 1.54) is 0 Å². The van der Waals surface area contributed by atoms with Crippen molar-refractivity contribution >= 4 is 29.2 Å². The molecule has 0 fully saturated rings. The summed E-state index contributed by atoms with van der Waals surface area (Å²) in [6.45, 7) is 0. The Hall–Kier alpha value is -0.940. The molecule has 1 aromatic rings. The van der Waals surface area contributed by atoms with Gasteiger partial charge in [0.15, 0.2) is 0 Å². The molecule has 0 aliphatic carbocycles. The van der Waals surface area contributed by atoms with E-state index in [1.807, 2.05) is 0 Å². The Morgan fingerprint density at radius 3 is 2.62 bits per heavy atom. The molecule has 0 unspecified atom stereocenters. The van der Waals surface area contributed by atoms with E-state index < -0.39 is 24.4 Å². The molecule has 88 valence electrons. The summed E-state index contributed by atoms with van der Waals surface area (Å²) in [6.07, 6.45) is -3.36. The van der Waals surface area contributed by atoms with E-state index in [2.05, 4.69) is 4.98 Å². The minimum absolute atomic E-state index is 0.0677. The number of rotatable bonds is 4. The van der Waals surface area contributed by atoms with Crippen molar-refractivity contribution in [2.24, 2.45) is 0 Å². The fraction of sp³-hybridized carbons (Fsp3) is 0.333. The van der Waals surface area contributed by atoms with Gasteiger partial charge in [0.25, 0.3) is 6.43 Å². The molecule has 0 saturated carbocycles. The lowest BCUT2D eigenvalue weighted by Gasteiger charge is -2.11. The highest BCUT2D eigenvalue weighted by atomic mass is 35.5. The zero-order valence-corrected chi connectivity index (χ0v) is 9.40. The van der Waals surface area contributed by atoms with Gasteiger partial charge in [0.05, 0.1) is 18.0 Å². The SMILES string of the molecule is O=C(O)Cc1c(C(F)F)cc(Cl)nc1CCl. The predicted octanol–water partition coefficient (Wildman–Crippen LogP) is 3.04. The summed E-state index contributed by atoms with van der Waals surface area (Å²) in [5.74, 6) is -1.39. The fourth-order valence-electron chi connectivity index (χ4n) is 1.27. The zero-order valence-electron chi connectivity index (χ0n) is 7.88. The highest BCUT2D eigenvalue weighted by Gasteiger charge is 2.20. The Morgan fingerprint density at radius 2 is 2.19 bits per heavy atom. The molecule has 0 aliphatic heterocycles. The van der Waals surface area contributed by atoms with E-state index in [0.29, 0.717) is 0 Å². The number of carbonyl (C=O) groups is 1. The Kier molecular flexibility index (Phi) is 4.44. The number of aromatic nitrogens is 1. The van der Waals surface area contributed by atoms with Gasteiger partial charge in [-0.05, 0) is 11.6 Å². The van der Waals surface area contributed by atoms with Crippen molar-refractivity contribution < 1.29 is 18.7 Å². The average Bonchev–Trinajstić information content (AvgIpc) is 2.19. The van der Waals surface area contributed by atoms with Crippen LogP contribution in [0.15, 0.2) is 6.07 Å². The summed E-state index contributed by atoms with van der Waals surface area (Å²) in [5.41, 5.74) is -0.424. The highest BCUT2D eigenvalue weighted by Crippen LogP contribution is 2.28. The van der Waals surface area contributed by atoms with Gasteiger partial charge in [-0.15, -0.1) is 11.6 Å². The van der Waals surface area contributed by atoms with Crippen molar-refractivity contribution in [1.82, 2.24) is 4.98 Å². The van der Waals surface area contributed by atoms with Gasteiger partial charge in [-0.25, -0.2) is 13.8 Å². The molecule has 1 aromatic heterocycles. The number of nitrogens with zero attached hydrogens (tertiary/aromatic N) is 1. The fourth-order valence-corrected chi connectivity index (χ4v) is 1.71. The summed E-state index contributed by atoms with van der Waals surface area (Å²) in [4.78, 5) is 14.3. The minimum Gasteiger partial charge on any atom is -0.481 e. The van der Waals surface area contributed by atoms with Crippen LogP contribution in [-0.4, -0.2) is 16.1 Å². The number of carboxylic acids is 1. The van der Waals surface area contributed by atoms with E-state index in [9.17, 15) is 13.6 Å². The molecule has 1 rings (SSSR count). The van der Waals surface area contributed by atoms with Crippen LogP contribution >= 0.6 is 23.2 Å². The van der Waals surface area contributed by atoms with Crippen LogP contribution < -0.4 is 0 Å². The topological polar surface area (TPSA) is 50.2 Å². The second kappa shape index (κ2) is 5.41. The molecule has 0 spiro atoms. The van der Waals surface area contributed by atoms with Crippen LogP contribution in [0.1, 0.15) is 23.2 Å². The van der Waals surface area contributed by atoms with Gasteiger partial charge in [0.2, 0.25) is 0 Å². The summed E-state index contributed by atoms with van der Waals surface area (Å²) in [7, 11) is 0. The van der Waals surface area contributed by atoms with Crippen molar-refractivity contribution in [2.75, 3.05) is 0 Å². The molecule has 16 heavy (non-hydrogen) atoms. The van der Waals surface area contributed by atoms with Crippen LogP contribution in [0.2, 0.25) is 5.15 Å². The van der Waals surface area contributed by atoms with E-state index >= 15 is 0 Å². The molecule has 0 saturated heterocycles. The van der Waals surface area contributed by atoms with Gasteiger partial charge in [-0.3, -0.25) is 4.79 Å². The van der Waals surface area contributed by atoms with Crippen LogP contribution in [0.4, 0.5) is 8.78 Å². The van der Waals surface area contributed by atoms with Crippen molar-refractivity contribution in [2.45, 2.75) is 18.7 Å². The molecule has 0 radical (unpaired) electrons. The summed E-state index contributed by atoms with van der Waals surface area (Å²) in [6, 6.07) is 0.959. The molecule has 0 aliphatic rings. The third-order valence-corrected chi connectivity index (χ3v) is 2.35. The summed E-state index contributed by atoms with van der Waals surface area (Å²) < 4.78 is 25.3. The van der Waals surface area contributed by atoms with Crippen LogP contribution in [0.5, 0.6) is 0 Å². The first-order valence-corrected chi connectivity index (χ1v) is 5.11. The van der Waals surface area contributed by atoms with Gasteiger partial charge >= 0.3 is 5.97 Å². The van der Waals surface area contributed by atoms with Crippen LogP contribution in [0.3, 0.4) is 0 Å². The summed E-state index contributed by atoms with van der Waals surface area (Å²) in [5, 5.41) is 8.49. The normalized spacial score (nSPS) is 10.8. The lowest BCUT2D eigenvalue weighted by Crippen LogP contribution is -2.09. The van der Waals surface area contributed by atoms with E-state index in [0.717, 1.165) is 6.07 Å². The van der Waals surface area contributed by atoms with Crippen molar-refractivity contribution in [3.8, 4) is 0 Å². The molecule has 7 heteroatoms. The first kappa shape index (κ1) is 13.1. The van der Waals surface area contributed by atoms with E-state index in [4.69, 9.17) is 28.3 Å². The van der Waals surface area contributed by atoms with Gasteiger partial charge in [0, 0.05) is 5.56 Å². The predicted molar refractivity (Wildman–Crippen MR) is 55.1 cm³/mol. The number of aliphatic carboxylic acids is 1. The molecular weight excluding hydrogens is 263 g/mol. The Labute approximate surface area is 100 Å². The highest BCUT2D eigenvalue weighted by molar-refractivity contribution is 6.29. The maximum absolute atomic E-state index is 12.7. The zero-order chi connectivity index (χ0) is 12.3. The monoisotopic (exact) mass is 269 g/mol. The quantitative estimate of drug-likeness (QED) is 0.675. The maximum atomic E-state index is 12.7. The lowest BCUT2D eigenvalue weighted by molar-refractivity contribution is -0.136. The van der Waals surface area contributed by atoms with Crippen LogP contribution in [0, 0.1) is 0 Å². The number of carboxylic acid groups (broad SMARTS) is 1. The second-order valence-electron chi connectivity index (χ2n) is 2.96. The number of pyridine rings is 1. The van der Waals surface area contributed by atoms with Crippen molar-refractivity contribution in [3.05, 3.63) is 28.0 Å². The smallest absolute Gasteiger partial charge is 0.307 e. The molecule has 3 nitrogen and oxygen atoms in total. The Balaban J connectivity index is 3.32. The summed E-state index contributed by atoms with van der Waals surface area (Å²) >= 11 is 11.0. The van der Waals surface area contributed by atoms with E-state index in [-0.39, 0.29) is 22.3 Å². The Bertz CT molecular complexity index is 413. The first-order chi connectivity index (χ1) is 7.45. The molecule has 0 aromatic carbocycles. The van der Waals surface area contributed by atoms with E-state index in [1.54, 1.807) is 0 Å². The minimum atomic E-state index is -2.81. The second-order valence-corrected chi connectivity index (χ2v) is 3.62. The molecule has 1 heterocycles. The van der Waals surface area contributed by atoms with Gasteiger partial charge < -0.3 is 5.11 Å². The molecule has 0 amide bonds. The molecular formula is C9H7Cl2F2NO2. The van der Waals surface area contributed by atoms with Gasteiger partial charge in [-0.2, -0.15) is 0 Å². The van der Waals surface area contributed by atoms with Gasteiger partial charge in [-0.1, -0.05) is 11.6 Å². The van der Waals surface area contributed by atoms with Gasteiger partial charge in [0.1, 0.15) is 5.15 Å². The largest absolute Gasteiger partial charge is 0.481 e. The van der Waals surface area contributed by atoms with Crippen LogP contribution in [0.25, 0.3) is 0 Å². The van der Waals surface area contributed by atoms with Crippen molar-refractivity contribution in [3.63, 3.8) is 0 Å². The number of halogens is 4. The average molecular weight is 270 g/mol. The van der Waals surface area contributed by atoms with Crippen LogP contribution in [-0.2, 0) is 17.1 Å². The Morgan fingerprint density at radius 1 is 1.56 bits per heavy atom. The molecule has 0 atom stereocenters. The third-order valence-electron chi connectivity index (χ3n) is 1.90.